The van der Waals surface area contributed by atoms with E-state index in [0.717, 1.165) is 4.90 Å². The number of halogens is 1. The summed E-state index contributed by atoms with van der Waals surface area (Å²) in [5, 5.41) is 8.21. The van der Waals surface area contributed by atoms with Crippen LogP contribution in [0.3, 0.4) is 0 Å². The Balaban J connectivity index is 2.31. The first kappa shape index (κ1) is 22.6. The number of methoxy groups -OCH3 is 1. The number of hydrogen-bond donors (Lipinski definition) is 1. The third-order valence-electron chi connectivity index (χ3n) is 3.73. The lowest BCUT2D eigenvalue weighted by Gasteiger charge is -2.19. The second-order valence-corrected chi connectivity index (χ2v) is 7.10. The van der Waals surface area contributed by atoms with Crippen LogP contribution in [0.5, 0.6) is 11.5 Å². The molecule has 2 rings (SSSR count). The van der Waals surface area contributed by atoms with E-state index in [0.29, 0.717) is 17.3 Å². The molecule has 0 radical (unpaired) electrons. The largest absolute Gasteiger partial charge is 0.493 e. The Hall–Kier alpha value is -2.72. The number of carbonyl (C=O) groups is 4. The van der Waals surface area contributed by atoms with Crippen molar-refractivity contribution < 1.29 is 38.5 Å². The summed E-state index contributed by atoms with van der Waals surface area (Å²) >= 11 is 6.82. The van der Waals surface area contributed by atoms with Crippen LogP contribution in [0.1, 0.15) is 19.4 Å². The highest BCUT2D eigenvalue weighted by Gasteiger charge is 2.41. The molecule has 0 aromatic heterocycles. The highest BCUT2D eigenvalue weighted by atomic mass is 35.5. The summed E-state index contributed by atoms with van der Waals surface area (Å²) in [6, 6.07) is 1.86. The van der Waals surface area contributed by atoms with Crippen molar-refractivity contribution in [2.45, 2.75) is 19.9 Å². The molecule has 29 heavy (non-hydrogen) atoms. The van der Waals surface area contributed by atoms with E-state index in [1.165, 1.54) is 32.2 Å². The van der Waals surface area contributed by atoms with Crippen LogP contribution in [0.25, 0.3) is 6.08 Å². The number of esters is 1. The SMILES string of the molecule is CCOC(=O)[C@@H](C)N1C(=O)S/C(=C/c2cc(Cl)c(OCC(=O)O)c(OC)c2)C1=O. The normalized spacial score (nSPS) is 16.1. The van der Waals surface area contributed by atoms with Gasteiger partial charge in [-0.2, -0.15) is 0 Å². The fourth-order valence-electron chi connectivity index (χ4n) is 2.43. The first-order valence-corrected chi connectivity index (χ1v) is 9.54. The Kier molecular flexibility index (Phi) is 7.52. The minimum Gasteiger partial charge on any atom is -0.493 e. The fourth-order valence-corrected chi connectivity index (χ4v) is 3.61. The number of benzene rings is 1. The number of rotatable bonds is 8. The van der Waals surface area contributed by atoms with Crippen molar-refractivity contribution in [3.8, 4) is 11.5 Å². The van der Waals surface area contributed by atoms with Crippen molar-refractivity contribution in [2.24, 2.45) is 0 Å². The van der Waals surface area contributed by atoms with Crippen LogP contribution in [0, 0.1) is 0 Å². The molecule has 11 heteroatoms. The van der Waals surface area contributed by atoms with Gasteiger partial charge in [-0.05, 0) is 49.4 Å². The lowest BCUT2D eigenvalue weighted by atomic mass is 10.1. The van der Waals surface area contributed by atoms with Gasteiger partial charge >= 0.3 is 11.9 Å². The van der Waals surface area contributed by atoms with Gasteiger partial charge in [0.05, 0.1) is 23.6 Å². The van der Waals surface area contributed by atoms with Crippen molar-refractivity contribution in [1.82, 2.24) is 4.90 Å². The molecule has 1 atom stereocenters. The third kappa shape index (κ3) is 5.21. The minimum atomic E-state index is -1.18. The summed E-state index contributed by atoms with van der Waals surface area (Å²) in [5.74, 6) is -2.30. The van der Waals surface area contributed by atoms with Crippen LogP contribution < -0.4 is 9.47 Å². The summed E-state index contributed by atoms with van der Waals surface area (Å²) < 4.78 is 15.1. The van der Waals surface area contributed by atoms with Gasteiger partial charge in [-0.25, -0.2) is 9.59 Å². The van der Waals surface area contributed by atoms with E-state index in [4.69, 9.17) is 30.9 Å². The maximum atomic E-state index is 12.6. The molecule has 0 saturated carbocycles. The molecule has 1 fully saturated rings. The molecule has 2 amide bonds. The third-order valence-corrected chi connectivity index (χ3v) is 4.89. The van der Waals surface area contributed by atoms with Gasteiger partial charge in [0.25, 0.3) is 11.1 Å². The maximum absolute atomic E-state index is 12.6. The fraction of sp³-hybridized carbons (Fsp3) is 0.333. The van der Waals surface area contributed by atoms with E-state index in [-0.39, 0.29) is 28.0 Å². The van der Waals surface area contributed by atoms with Gasteiger partial charge in [0, 0.05) is 0 Å². The molecule has 1 aromatic carbocycles. The molecule has 1 aromatic rings. The Labute approximate surface area is 175 Å². The number of aliphatic carboxylic acids is 1. The number of nitrogens with zero attached hydrogens (tertiary/aromatic N) is 1. The molecule has 0 unspecified atom stereocenters. The van der Waals surface area contributed by atoms with Gasteiger partial charge in [-0.15, -0.1) is 0 Å². The van der Waals surface area contributed by atoms with Crippen molar-refractivity contribution in [3.63, 3.8) is 0 Å². The van der Waals surface area contributed by atoms with Crippen LogP contribution in [0.2, 0.25) is 5.02 Å². The lowest BCUT2D eigenvalue weighted by molar-refractivity contribution is -0.150. The zero-order valence-electron chi connectivity index (χ0n) is 15.8. The first-order chi connectivity index (χ1) is 13.7. The second-order valence-electron chi connectivity index (χ2n) is 5.70. The molecule has 0 spiro atoms. The van der Waals surface area contributed by atoms with Crippen molar-refractivity contribution >= 4 is 52.5 Å². The van der Waals surface area contributed by atoms with Gasteiger partial charge < -0.3 is 19.3 Å². The molecular formula is C18H18ClNO8S. The molecule has 1 saturated heterocycles. The highest BCUT2D eigenvalue weighted by Crippen LogP contribution is 2.39. The zero-order chi connectivity index (χ0) is 21.7. The summed E-state index contributed by atoms with van der Waals surface area (Å²) in [7, 11) is 1.35. The standard InChI is InChI=1S/C18H18ClNO8S/c1-4-27-17(24)9(2)20-16(23)13(29-18(20)25)7-10-5-11(19)15(12(6-10)26-3)28-8-14(21)22/h5-7,9H,4,8H2,1-3H3,(H,21,22)/b13-7+/t9-/m1/s1. The van der Waals surface area contributed by atoms with Crippen molar-refractivity contribution in [3.05, 3.63) is 27.6 Å². The predicted octanol–water partition coefficient (Wildman–Crippen LogP) is 2.80. The number of hydrogen-bond acceptors (Lipinski definition) is 8. The van der Waals surface area contributed by atoms with E-state index in [9.17, 15) is 19.2 Å². The van der Waals surface area contributed by atoms with Crippen LogP contribution in [-0.4, -0.2) is 59.5 Å². The van der Waals surface area contributed by atoms with Gasteiger partial charge in [0.2, 0.25) is 0 Å². The second kappa shape index (κ2) is 9.66. The minimum absolute atomic E-state index is 0.0396. The van der Waals surface area contributed by atoms with Gasteiger partial charge in [-0.1, -0.05) is 11.6 Å². The van der Waals surface area contributed by atoms with Crippen LogP contribution >= 0.6 is 23.4 Å². The van der Waals surface area contributed by atoms with Crippen molar-refractivity contribution in [1.29, 1.82) is 0 Å². The Morgan fingerprint density at radius 1 is 1.34 bits per heavy atom. The highest BCUT2D eigenvalue weighted by molar-refractivity contribution is 8.18. The summed E-state index contributed by atoms with van der Waals surface area (Å²) in [4.78, 5) is 48.3. The molecule has 1 heterocycles. The van der Waals surface area contributed by atoms with E-state index in [1.54, 1.807) is 6.92 Å². The number of carboxylic acids is 1. The van der Waals surface area contributed by atoms with Gasteiger partial charge in [-0.3, -0.25) is 14.5 Å². The topological polar surface area (TPSA) is 119 Å². The van der Waals surface area contributed by atoms with Crippen LogP contribution in [0.15, 0.2) is 17.0 Å². The Morgan fingerprint density at radius 3 is 2.62 bits per heavy atom. The number of imide groups is 1. The van der Waals surface area contributed by atoms with E-state index < -0.39 is 35.7 Å². The van der Waals surface area contributed by atoms with E-state index in [2.05, 4.69) is 0 Å². The first-order valence-electron chi connectivity index (χ1n) is 8.35. The van der Waals surface area contributed by atoms with Gasteiger partial charge in [0.1, 0.15) is 6.04 Å². The average molecular weight is 444 g/mol. The number of amides is 2. The van der Waals surface area contributed by atoms with Crippen LogP contribution in [-0.2, 0) is 19.1 Å². The zero-order valence-corrected chi connectivity index (χ0v) is 17.3. The lowest BCUT2D eigenvalue weighted by Crippen LogP contribution is -2.42. The Morgan fingerprint density at radius 2 is 2.03 bits per heavy atom. The smallest absolute Gasteiger partial charge is 0.341 e. The molecule has 1 aliphatic heterocycles. The van der Waals surface area contributed by atoms with Crippen molar-refractivity contribution in [2.75, 3.05) is 20.3 Å². The predicted molar refractivity (Wildman–Crippen MR) is 105 cm³/mol. The molecule has 156 valence electrons. The van der Waals surface area contributed by atoms with Gasteiger partial charge in [0.15, 0.2) is 18.1 Å². The number of carbonyl (C=O) groups excluding carboxylic acids is 3. The monoisotopic (exact) mass is 443 g/mol. The summed E-state index contributed by atoms with van der Waals surface area (Å²) in [6.45, 7) is 2.55. The molecular weight excluding hydrogens is 426 g/mol. The van der Waals surface area contributed by atoms with E-state index in [1.807, 2.05) is 0 Å². The summed E-state index contributed by atoms with van der Waals surface area (Å²) in [5.41, 5.74) is 0.420. The maximum Gasteiger partial charge on any atom is 0.341 e. The van der Waals surface area contributed by atoms with E-state index >= 15 is 0 Å². The molecule has 1 N–H and O–H groups in total. The molecule has 0 aliphatic carbocycles. The van der Waals surface area contributed by atoms with Crippen LogP contribution in [0.4, 0.5) is 4.79 Å². The Bertz CT molecular complexity index is 885. The molecule has 1 aliphatic rings. The number of ether oxygens (including phenoxy) is 3. The average Bonchev–Trinajstić information content (AvgIpc) is 2.93. The number of carboxylic acid groups (broad SMARTS) is 1. The quantitative estimate of drug-likeness (QED) is 0.477. The molecule has 9 nitrogen and oxygen atoms in total. The molecule has 0 bridgehead atoms. The number of thioether (sulfide) groups is 1. The summed E-state index contributed by atoms with van der Waals surface area (Å²) in [6.07, 6.45) is 1.41.